The molecule has 0 spiro atoms. The predicted octanol–water partition coefficient (Wildman–Crippen LogP) is 8.14. The van der Waals surface area contributed by atoms with E-state index in [0.717, 1.165) is 36.8 Å². The van der Waals surface area contributed by atoms with Gasteiger partial charge in [0.2, 0.25) is 0 Å². The van der Waals surface area contributed by atoms with Crippen molar-refractivity contribution in [1.82, 2.24) is 0 Å². The Morgan fingerprint density at radius 2 is 1.31 bits per heavy atom. The first-order valence-corrected chi connectivity index (χ1v) is 13.2. The van der Waals surface area contributed by atoms with Crippen LogP contribution in [-0.2, 0) is 9.53 Å². The summed E-state index contributed by atoms with van der Waals surface area (Å²) in [4.78, 5) is 24.3. The normalized spacial score (nSPS) is 10.5. The largest absolute Gasteiger partial charge is 0.462 e. The average Bonchev–Trinajstić information content (AvgIpc) is 2.88. The lowest BCUT2D eigenvalue weighted by Gasteiger charge is -2.08. The van der Waals surface area contributed by atoms with Gasteiger partial charge in [-0.15, -0.1) is 12.3 Å². The molecule has 0 aliphatic heterocycles. The van der Waals surface area contributed by atoms with E-state index in [4.69, 9.17) is 15.9 Å². The first-order valence-electron chi connectivity index (χ1n) is 13.2. The lowest BCUT2D eigenvalue weighted by atomic mass is 10.0. The Hall–Kier alpha value is -3.06. The van der Waals surface area contributed by atoms with Crippen molar-refractivity contribution in [2.75, 3.05) is 6.61 Å². The molecule has 0 heterocycles. The van der Waals surface area contributed by atoms with E-state index in [1.54, 1.807) is 12.1 Å². The van der Waals surface area contributed by atoms with E-state index in [0.29, 0.717) is 30.8 Å². The van der Waals surface area contributed by atoms with Gasteiger partial charge in [-0.05, 0) is 54.7 Å². The third-order valence-corrected chi connectivity index (χ3v) is 5.97. The molecule has 0 N–H and O–H groups in total. The van der Waals surface area contributed by atoms with Crippen molar-refractivity contribution in [3.8, 4) is 29.2 Å². The second-order valence-electron chi connectivity index (χ2n) is 8.95. The van der Waals surface area contributed by atoms with Gasteiger partial charge in [0.1, 0.15) is 5.75 Å². The monoisotopic (exact) mass is 476 g/mol. The maximum atomic E-state index is 12.1. The van der Waals surface area contributed by atoms with Crippen LogP contribution in [-0.4, -0.2) is 18.5 Å². The fraction of sp³-hybridized carbons (Fsp3) is 0.484. The number of carbonyl (C=O) groups is 2. The molecule has 0 bridgehead atoms. The van der Waals surface area contributed by atoms with E-state index < -0.39 is 0 Å². The van der Waals surface area contributed by atoms with Crippen LogP contribution in [0.25, 0.3) is 11.1 Å². The molecule has 0 fully saturated rings. The van der Waals surface area contributed by atoms with Gasteiger partial charge >= 0.3 is 11.9 Å². The smallest absolute Gasteiger partial charge is 0.338 e. The van der Waals surface area contributed by atoms with Crippen LogP contribution in [0.3, 0.4) is 0 Å². The summed E-state index contributed by atoms with van der Waals surface area (Å²) in [6, 6.07) is 14.7. The van der Waals surface area contributed by atoms with E-state index >= 15 is 0 Å². The molecule has 0 aromatic heterocycles. The van der Waals surface area contributed by atoms with Gasteiger partial charge in [-0.2, -0.15) is 0 Å². The molecule has 35 heavy (non-hydrogen) atoms. The van der Waals surface area contributed by atoms with Crippen molar-refractivity contribution in [1.29, 1.82) is 0 Å². The van der Waals surface area contributed by atoms with Gasteiger partial charge in [-0.25, -0.2) is 4.79 Å². The number of rotatable bonds is 17. The molecule has 0 atom stereocenters. The van der Waals surface area contributed by atoms with E-state index in [9.17, 15) is 9.59 Å². The Morgan fingerprint density at radius 1 is 0.743 bits per heavy atom. The molecule has 0 amide bonds. The van der Waals surface area contributed by atoms with Gasteiger partial charge < -0.3 is 9.47 Å². The molecule has 2 aromatic rings. The topological polar surface area (TPSA) is 52.6 Å². The number of ether oxygens (including phenoxy) is 2. The quantitative estimate of drug-likeness (QED) is 0.100. The number of benzene rings is 2. The van der Waals surface area contributed by atoms with E-state index in [1.165, 1.54) is 44.9 Å². The maximum absolute atomic E-state index is 12.1. The SMILES string of the molecule is C#CCCCCOC(=O)c1ccc(-c2ccc(OC(=O)CCCCCCCCCCC)cc2)cc1. The van der Waals surface area contributed by atoms with Crippen molar-refractivity contribution in [3.05, 3.63) is 54.1 Å². The number of hydrogen-bond donors (Lipinski definition) is 0. The summed E-state index contributed by atoms with van der Waals surface area (Å²) in [5.74, 6) is 2.63. The predicted molar refractivity (Wildman–Crippen MR) is 142 cm³/mol. The highest BCUT2D eigenvalue weighted by Gasteiger charge is 2.09. The summed E-state index contributed by atoms with van der Waals surface area (Å²) in [6.07, 6.45) is 19.0. The van der Waals surface area contributed by atoms with Crippen molar-refractivity contribution in [3.63, 3.8) is 0 Å². The molecule has 0 aliphatic rings. The third-order valence-electron chi connectivity index (χ3n) is 5.97. The van der Waals surface area contributed by atoms with Crippen LogP contribution in [0.2, 0.25) is 0 Å². The number of esters is 2. The second kappa shape index (κ2) is 17.4. The number of unbranched alkanes of at least 4 members (excludes halogenated alkanes) is 10. The van der Waals surface area contributed by atoms with Crippen molar-refractivity contribution in [2.45, 2.75) is 90.4 Å². The summed E-state index contributed by atoms with van der Waals surface area (Å²) < 4.78 is 10.8. The Labute approximate surface area is 211 Å². The summed E-state index contributed by atoms with van der Waals surface area (Å²) in [5.41, 5.74) is 2.48. The minimum atomic E-state index is -0.327. The summed E-state index contributed by atoms with van der Waals surface area (Å²) in [5, 5.41) is 0. The van der Waals surface area contributed by atoms with Crippen LogP contribution >= 0.6 is 0 Å². The van der Waals surface area contributed by atoms with Crippen LogP contribution in [0, 0.1) is 12.3 Å². The van der Waals surface area contributed by atoms with Crippen LogP contribution in [0.4, 0.5) is 0 Å². The molecule has 4 nitrogen and oxygen atoms in total. The highest BCUT2D eigenvalue weighted by atomic mass is 16.5. The van der Waals surface area contributed by atoms with Crippen LogP contribution in [0.15, 0.2) is 48.5 Å². The van der Waals surface area contributed by atoms with Crippen molar-refractivity contribution >= 4 is 11.9 Å². The number of terminal acetylenes is 1. The first-order chi connectivity index (χ1) is 17.1. The Morgan fingerprint density at radius 3 is 1.91 bits per heavy atom. The zero-order valence-electron chi connectivity index (χ0n) is 21.2. The maximum Gasteiger partial charge on any atom is 0.338 e. The molecule has 188 valence electrons. The van der Waals surface area contributed by atoms with Crippen LogP contribution in [0.5, 0.6) is 5.75 Å². The van der Waals surface area contributed by atoms with Gasteiger partial charge in [-0.3, -0.25) is 4.79 Å². The second-order valence-corrected chi connectivity index (χ2v) is 8.95. The highest BCUT2D eigenvalue weighted by Crippen LogP contribution is 2.23. The molecule has 4 heteroatoms. The van der Waals surface area contributed by atoms with E-state index in [-0.39, 0.29) is 11.9 Å². The fourth-order valence-electron chi connectivity index (χ4n) is 3.85. The van der Waals surface area contributed by atoms with Crippen molar-refractivity contribution < 1.29 is 19.1 Å². The molecule has 0 aliphatic carbocycles. The van der Waals surface area contributed by atoms with Crippen LogP contribution < -0.4 is 4.74 Å². The van der Waals surface area contributed by atoms with E-state index in [1.807, 2.05) is 36.4 Å². The fourth-order valence-corrected chi connectivity index (χ4v) is 3.85. The molecule has 0 radical (unpaired) electrons. The summed E-state index contributed by atoms with van der Waals surface area (Å²) >= 11 is 0. The summed E-state index contributed by atoms with van der Waals surface area (Å²) in [7, 11) is 0. The molecule has 0 saturated heterocycles. The highest BCUT2D eigenvalue weighted by molar-refractivity contribution is 5.90. The average molecular weight is 477 g/mol. The third kappa shape index (κ3) is 11.8. The lowest BCUT2D eigenvalue weighted by Crippen LogP contribution is -2.07. The molecule has 2 aromatic carbocycles. The Balaban J connectivity index is 1.68. The van der Waals surface area contributed by atoms with Gasteiger partial charge in [0.15, 0.2) is 0 Å². The standard InChI is InChI=1S/C31H40O4/c1-3-5-7-9-10-11-12-13-14-16-30(32)35-29-23-21-27(22-24-29)26-17-19-28(20-18-26)31(33)34-25-15-8-6-4-2/h2,17-24H,3,5-16,25H2,1H3. The minimum absolute atomic E-state index is 0.178. The summed E-state index contributed by atoms with van der Waals surface area (Å²) in [6.45, 7) is 2.61. The van der Waals surface area contributed by atoms with E-state index in [2.05, 4.69) is 12.8 Å². The Kier molecular flexibility index (Phi) is 14.0. The molecular formula is C31H40O4. The molecular weight excluding hydrogens is 436 g/mol. The van der Waals surface area contributed by atoms with Gasteiger partial charge in [-0.1, -0.05) is 82.6 Å². The number of hydrogen-bond acceptors (Lipinski definition) is 4. The molecule has 0 unspecified atom stereocenters. The zero-order valence-corrected chi connectivity index (χ0v) is 21.2. The zero-order chi connectivity index (χ0) is 25.1. The van der Waals surface area contributed by atoms with Gasteiger partial charge in [0, 0.05) is 12.8 Å². The minimum Gasteiger partial charge on any atom is -0.462 e. The molecule has 0 saturated carbocycles. The molecule has 2 rings (SSSR count). The number of carbonyl (C=O) groups excluding carboxylic acids is 2. The van der Waals surface area contributed by atoms with Crippen molar-refractivity contribution in [2.24, 2.45) is 0 Å². The van der Waals surface area contributed by atoms with Gasteiger partial charge in [0.05, 0.1) is 12.2 Å². The van der Waals surface area contributed by atoms with Gasteiger partial charge in [0.25, 0.3) is 0 Å². The van der Waals surface area contributed by atoms with Crippen LogP contribution in [0.1, 0.15) is 101 Å². The Bertz CT molecular complexity index is 906. The first kappa shape index (κ1) is 28.2. The lowest BCUT2D eigenvalue weighted by molar-refractivity contribution is -0.134.